The summed E-state index contributed by atoms with van der Waals surface area (Å²) in [6.07, 6.45) is 0.652. The van der Waals surface area contributed by atoms with Gasteiger partial charge in [-0.15, -0.1) is 11.3 Å². The average molecular weight is 312 g/mol. The smallest absolute Gasteiger partial charge is 0.117 e. The topological polar surface area (TPSA) is 17.1 Å². The summed E-state index contributed by atoms with van der Waals surface area (Å²) in [7, 11) is -1.69. The lowest BCUT2D eigenvalue weighted by Crippen LogP contribution is -1.90. The zero-order chi connectivity index (χ0) is 14.7. The van der Waals surface area contributed by atoms with Crippen LogP contribution in [0.1, 0.15) is 11.1 Å². The minimum Gasteiger partial charge on any atom is -0.321 e. The molecule has 0 spiro atoms. The molecular weight excluding hydrogens is 295 g/mol. The minimum atomic E-state index is -1.69. The van der Waals surface area contributed by atoms with Gasteiger partial charge in [0.25, 0.3) is 0 Å². The monoisotopic (exact) mass is 312 g/mol. The quantitative estimate of drug-likeness (QED) is 0.612. The SMILES string of the molecule is Cc1ccccc1-c1ccc(C[PH](=O)c2cccs2)cc1. The summed E-state index contributed by atoms with van der Waals surface area (Å²) >= 11 is 1.59. The predicted octanol–water partition coefficient (Wildman–Crippen LogP) is 5.11. The van der Waals surface area contributed by atoms with Crippen molar-refractivity contribution in [1.82, 2.24) is 0 Å². The van der Waals surface area contributed by atoms with Crippen LogP contribution in [0.5, 0.6) is 0 Å². The van der Waals surface area contributed by atoms with E-state index in [0.717, 1.165) is 10.2 Å². The number of rotatable bonds is 4. The molecule has 0 aliphatic carbocycles. The van der Waals surface area contributed by atoms with Crippen molar-refractivity contribution >= 4 is 23.8 Å². The third-order valence-electron chi connectivity index (χ3n) is 3.57. The molecule has 3 heteroatoms. The van der Waals surface area contributed by atoms with Crippen LogP contribution in [-0.2, 0) is 10.7 Å². The molecule has 21 heavy (non-hydrogen) atoms. The molecular formula is C18H17OPS. The van der Waals surface area contributed by atoms with E-state index in [2.05, 4.69) is 55.5 Å². The fourth-order valence-corrected chi connectivity index (χ4v) is 4.88. The van der Waals surface area contributed by atoms with E-state index in [9.17, 15) is 4.57 Å². The van der Waals surface area contributed by atoms with Gasteiger partial charge >= 0.3 is 0 Å². The number of benzene rings is 2. The molecule has 0 radical (unpaired) electrons. The van der Waals surface area contributed by atoms with E-state index in [1.165, 1.54) is 16.7 Å². The Morgan fingerprint density at radius 3 is 2.38 bits per heavy atom. The maximum atomic E-state index is 12.3. The van der Waals surface area contributed by atoms with Crippen LogP contribution in [0.15, 0.2) is 66.0 Å². The van der Waals surface area contributed by atoms with E-state index >= 15 is 0 Å². The maximum absolute atomic E-state index is 12.3. The van der Waals surface area contributed by atoms with E-state index in [1.54, 1.807) is 11.3 Å². The molecule has 3 rings (SSSR count). The molecule has 1 atom stereocenters. The van der Waals surface area contributed by atoms with Gasteiger partial charge in [0, 0.05) is 6.16 Å². The summed E-state index contributed by atoms with van der Waals surface area (Å²) in [6, 6.07) is 20.7. The third kappa shape index (κ3) is 3.34. The van der Waals surface area contributed by atoms with Crippen molar-refractivity contribution in [3.05, 3.63) is 77.2 Å². The van der Waals surface area contributed by atoms with Gasteiger partial charge in [-0.1, -0.05) is 54.6 Å². The highest BCUT2D eigenvalue weighted by Gasteiger charge is 2.07. The molecule has 0 bridgehead atoms. The van der Waals surface area contributed by atoms with Gasteiger partial charge in [0.15, 0.2) is 0 Å². The molecule has 0 amide bonds. The second-order valence-corrected chi connectivity index (χ2v) is 8.14. The summed E-state index contributed by atoms with van der Waals surface area (Å²) in [5.74, 6) is 0. The molecule has 0 saturated carbocycles. The van der Waals surface area contributed by atoms with Crippen molar-refractivity contribution in [1.29, 1.82) is 0 Å². The lowest BCUT2D eigenvalue weighted by Gasteiger charge is -2.07. The Bertz CT molecular complexity index is 745. The third-order valence-corrected chi connectivity index (χ3v) is 6.74. The Morgan fingerprint density at radius 2 is 1.71 bits per heavy atom. The van der Waals surface area contributed by atoms with Gasteiger partial charge in [-0.25, -0.2) is 0 Å². The van der Waals surface area contributed by atoms with Crippen LogP contribution in [-0.4, -0.2) is 0 Å². The van der Waals surface area contributed by atoms with Crippen molar-refractivity contribution in [2.45, 2.75) is 13.1 Å². The molecule has 0 aliphatic rings. The maximum Gasteiger partial charge on any atom is 0.117 e. The molecule has 3 aromatic rings. The molecule has 2 aromatic carbocycles. The number of thiophene rings is 1. The lowest BCUT2D eigenvalue weighted by molar-refractivity contribution is 0.593. The normalized spacial score (nSPS) is 12.2. The van der Waals surface area contributed by atoms with Gasteiger partial charge in [-0.2, -0.15) is 0 Å². The summed E-state index contributed by atoms with van der Waals surface area (Å²) in [4.78, 5) is 0. The molecule has 1 nitrogen and oxygen atoms in total. The molecule has 106 valence electrons. The van der Waals surface area contributed by atoms with Crippen molar-refractivity contribution in [2.75, 3.05) is 0 Å². The highest BCUT2D eigenvalue weighted by Crippen LogP contribution is 2.30. The zero-order valence-electron chi connectivity index (χ0n) is 11.9. The van der Waals surface area contributed by atoms with Crippen molar-refractivity contribution < 1.29 is 4.57 Å². The van der Waals surface area contributed by atoms with Crippen LogP contribution in [0.3, 0.4) is 0 Å². The van der Waals surface area contributed by atoms with E-state index in [-0.39, 0.29) is 0 Å². The van der Waals surface area contributed by atoms with Gasteiger partial charge in [-0.05, 0) is 40.6 Å². The van der Waals surface area contributed by atoms with Crippen LogP contribution < -0.4 is 4.62 Å². The Morgan fingerprint density at radius 1 is 0.952 bits per heavy atom. The van der Waals surface area contributed by atoms with Crippen LogP contribution in [0, 0.1) is 6.92 Å². The molecule has 1 unspecified atom stereocenters. The van der Waals surface area contributed by atoms with Crippen molar-refractivity contribution in [3.8, 4) is 11.1 Å². The molecule has 0 fully saturated rings. The minimum absolute atomic E-state index is 0.652. The summed E-state index contributed by atoms with van der Waals surface area (Å²) in [6.45, 7) is 2.12. The highest BCUT2D eigenvalue weighted by atomic mass is 32.1. The number of hydrogen-bond donors (Lipinski definition) is 0. The van der Waals surface area contributed by atoms with E-state index in [0.29, 0.717) is 6.16 Å². The van der Waals surface area contributed by atoms with E-state index in [4.69, 9.17) is 0 Å². The lowest BCUT2D eigenvalue weighted by atomic mass is 10.00. The van der Waals surface area contributed by atoms with Gasteiger partial charge in [0.1, 0.15) is 7.80 Å². The first kappa shape index (κ1) is 14.3. The summed E-state index contributed by atoms with van der Waals surface area (Å²) in [5.41, 5.74) is 4.89. The molecule has 1 heterocycles. The predicted molar refractivity (Wildman–Crippen MR) is 93.3 cm³/mol. The molecule has 1 aromatic heterocycles. The Kier molecular flexibility index (Phi) is 4.38. The Labute approximate surface area is 130 Å². The van der Waals surface area contributed by atoms with E-state index < -0.39 is 7.80 Å². The second kappa shape index (κ2) is 6.43. The highest BCUT2D eigenvalue weighted by molar-refractivity contribution is 7.60. The number of aryl methyl sites for hydroxylation is 1. The average Bonchev–Trinajstić information content (AvgIpc) is 3.03. The van der Waals surface area contributed by atoms with Crippen molar-refractivity contribution in [2.24, 2.45) is 0 Å². The first-order valence-electron chi connectivity index (χ1n) is 6.96. The van der Waals surface area contributed by atoms with Gasteiger partial charge in [-0.3, -0.25) is 0 Å². The van der Waals surface area contributed by atoms with Gasteiger partial charge < -0.3 is 4.57 Å². The van der Waals surface area contributed by atoms with Crippen LogP contribution in [0.25, 0.3) is 11.1 Å². The Hall–Kier alpha value is -1.63. The standard InChI is InChI=1S/C18H17OPS/c1-14-5-2-3-6-17(14)16-10-8-15(9-11-16)13-20(19)18-7-4-12-21-18/h2-12,20H,13H2,1H3. The molecule has 0 saturated heterocycles. The molecule has 0 N–H and O–H groups in total. The van der Waals surface area contributed by atoms with E-state index in [1.807, 2.05) is 17.5 Å². The van der Waals surface area contributed by atoms with Crippen LogP contribution in [0.2, 0.25) is 0 Å². The zero-order valence-corrected chi connectivity index (χ0v) is 13.7. The number of hydrogen-bond acceptors (Lipinski definition) is 2. The second-order valence-electron chi connectivity index (χ2n) is 5.09. The fraction of sp³-hybridized carbons (Fsp3) is 0.111. The fourth-order valence-electron chi connectivity index (χ4n) is 2.41. The first-order valence-corrected chi connectivity index (χ1v) is 9.45. The summed E-state index contributed by atoms with van der Waals surface area (Å²) < 4.78 is 13.3. The molecule has 0 aliphatic heterocycles. The van der Waals surface area contributed by atoms with Crippen LogP contribution >= 0.6 is 19.1 Å². The van der Waals surface area contributed by atoms with Crippen LogP contribution in [0.4, 0.5) is 0 Å². The Balaban J connectivity index is 1.79. The summed E-state index contributed by atoms with van der Waals surface area (Å²) in [5, 5.41) is 1.99. The first-order chi connectivity index (χ1) is 10.2. The van der Waals surface area contributed by atoms with Gasteiger partial charge in [0.05, 0.1) is 4.62 Å². The largest absolute Gasteiger partial charge is 0.321 e. The van der Waals surface area contributed by atoms with Crippen molar-refractivity contribution in [3.63, 3.8) is 0 Å². The van der Waals surface area contributed by atoms with Gasteiger partial charge in [0.2, 0.25) is 0 Å².